The van der Waals surface area contributed by atoms with Gasteiger partial charge in [0.25, 0.3) is 5.56 Å². The van der Waals surface area contributed by atoms with Crippen molar-refractivity contribution >= 4 is 5.78 Å². The maximum absolute atomic E-state index is 13.5. The Labute approximate surface area is 111 Å². The predicted octanol–water partition coefficient (Wildman–Crippen LogP) is 0.708. The average molecular weight is 280 g/mol. The fourth-order valence-corrected chi connectivity index (χ4v) is 1.75. The first-order valence-electron chi connectivity index (χ1n) is 5.65. The van der Waals surface area contributed by atoms with Crippen molar-refractivity contribution in [2.75, 3.05) is 0 Å². The first kappa shape index (κ1) is 13.9. The second-order valence-corrected chi connectivity index (χ2v) is 4.15. The van der Waals surface area contributed by atoms with E-state index < -0.39 is 40.8 Å². The maximum atomic E-state index is 13.5. The zero-order chi connectivity index (χ0) is 14.9. The molecule has 0 atom stereocenters. The van der Waals surface area contributed by atoms with E-state index in [-0.39, 0.29) is 0 Å². The largest absolute Gasteiger partial charge is 0.331 e. The molecule has 0 fully saturated rings. The van der Waals surface area contributed by atoms with Crippen LogP contribution in [0.5, 0.6) is 0 Å². The van der Waals surface area contributed by atoms with Crippen LogP contribution < -0.4 is 11.2 Å². The van der Waals surface area contributed by atoms with Crippen molar-refractivity contribution in [3.8, 4) is 0 Å². The number of carbonyl (C=O) groups is 1. The van der Waals surface area contributed by atoms with Gasteiger partial charge in [-0.1, -0.05) is 6.07 Å². The fraction of sp³-hybridized carbons (Fsp3) is 0.154. The molecule has 0 aliphatic heterocycles. The van der Waals surface area contributed by atoms with Crippen LogP contribution in [0.1, 0.15) is 10.4 Å². The van der Waals surface area contributed by atoms with Crippen LogP contribution in [0.2, 0.25) is 0 Å². The van der Waals surface area contributed by atoms with E-state index >= 15 is 0 Å². The quantitative estimate of drug-likeness (QED) is 0.778. The molecule has 104 valence electrons. The molecular formula is C13H10F2N2O3. The molecule has 0 aliphatic carbocycles. The molecule has 0 amide bonds. The summed E-state index contributed by atoms with van der Waals surface area (Å²) in [4.78, 5) is 35.1. The summed E-state index contributed by atoms with van der Waals surface area (Å²) in [5, 5.41) is 0. The number of nitrogens with zero attached hydrogens (tertiary/aromatic N) is 2. The van der Waals surface area contributed by atoms with E-state index in [0.29, 0.717) is 4.57 Å². The first-order valence-corrected chi connectivity index (χ1v) is 5.65. The lowest BCUT2D eigenvalue weighted by atomic mass is 10.1. The van der Waals surface area contributed by atoms with Crippen LogP contribution in [-0.4, -0.2) is 14.9 Å². The second kappa shape index (κ2) is 5.20. The minimum Gasteiger partial charge on any atom is -0.303 e. The van der Waals surface area contributed by atoms with E-state index in [1.807, 2.05) is 0 Å². The van der Waals surface area contributed by atoms with Crippen LogP contribution in [0.4, 0.5) is 8.78 Å². The molecule has 0 saturated carbocycles. The summed E-state index contributed by atoms with van der Waals surface area (Å²) in [6.07, 6.45) is 1.25. The number of aryl methyl sites for hydroxylation is 1. The van der Waals surface area contributed by atoms with Gasteiger partial charge in [0.2, 0.25) is 0 Å². The van der Waals surface area contributed by atoms with Gasteiger partial charge in [-0.2, -0.15) is 0 Å². The van der Waals surface area contributed by atoms with E-state index in [9.17, 15) is 23.2 Å². The molecule has 2 rings (SSSR count). The maximum Gasteiger partial charge on any atom is 0.331 e. The Hall–Kier alpha value is -2.57. The van der Waals surface area contributed by atoms with Crippen molar-refractivity contribution in [3.05, 3.63) is 68.5 Å². The molecule has 2 aromatic rings. The summed E-state index contributed by atoms with van der Waals surface area (Å²) in [7, 11) is 1.40. The summed E-state index contributed by atoms with van der Waals surface area (Å²) in [5.74, 6) is -3.04. The molecule has 5 nitrogen and oxygen atoms in total. The second-order valence-electron chi connectivity index (χ2n) is 4.15. The monoisotopic (exact) mass is 280 g/mol. The Morgan fingerprint density at radius 3 is 2.35 bits per heavy atom. The van der Waals surface area contributed by atoms with E-state index in [1.165, 1.54) is 13.2 Å². The summed E-state index contributed by atoms with van der Waals surface area (Å²) in [6, 6.07) is 4.08. The number of Topliss-reactive ketones (excluding diaryl/α,β-unsaturated/α-hetero) is 1. The highest BCUT2D eigenvalue weighted by atomic mass is 19.1. The molecule has 0 N–H and O–H groups in total. The smallest absolute Gasteiger partial charge is 0.303 e. The van der Waals surface area contributed by atoms with E-state index in [2.05, 4.69) is 0 Å². The summed E-state index contributed by atoms with van der Waals surface area (Å²) < 4.78 is 28.6. The Kier molecular flexibility index (Phi) is 3.60. The zero-order valence-electron chi connectivity index (χ0n) is 10.5. The number of aromatic nitrogens is 2. The van der Waals surface area contributed by atoms with Gasteiger partial charge < -0.3 is 4.57 Å². The van der Waals surface area contributed by atoms with Crippen LogP contribution in [0, 0.1) is 11.6 Å². The highest BCUT2D eigenvalue weighted by Crippen LogP contribution is 2.12. The van der Waals surface area contributed by atoms with Crippen molar-refractivity contribution in [2.45, 2.75) is 6.54 Å². The van der Waals surface area contributed by atoms with Crippen molar-refractivity contribution in [3.63, 3.8) is 0 Å². The molecule has 1 aromatic carbocycles. The number of hydrogen-bond donors (Lipinski definition) is 0. The van der Waals surface area contributed by atoms with Crippen molar-refractivity contribution < 1.29 is 13.6 Å². The average Bonchev–Trinajstić information content (AvgIpc) is 2.39. The summed E-state index contributed by atoms with van der Waals surface area (Å²) in [6.45, 7) is -0.718. The SMILES string of the molecule is Cn1ccc(=O)n(CC(=O)c2c(F)cccc2F)c1=O. The van der Waals surface area contributed by atoms with Gasteiger partial charge in [-0.3, -0.25) is 14.2 Å². The minimum atomic E-state index is -1.03. The normalized spacial score (nSPS) is 10.6. The Bertz CT molecular complexity index is 773. The number of benzene rings is 1. The molecule has 0 unspecified atom stereocenters. The summed E-state index contributed by atoms with van der Waals surface area (Å²) >= 11 is 0. The third kappa shape index (κ3) is 2.42. The molecular weight excluding hydrogens is 270 g/mol. The van der Waals surface area contributed by atoms with Crippen molar-refractivity contribution in [1.82, 2.24) is 9.13 Å². The number of halogens is 2. The van der Waals surface area contributed by atoms with Crippen molar-refractivity contribution in [2.24, 2.45) is 7.05 Å². The predicted molar refractivity (Wildman–Crippen MR) is 66.6 cm³/mol. The number of rotatable bonds is 3. The van der Waals surface area contributed by atoms with Gasteiger partial charge in [0.05, 0.1) is 12.1 Å². The van der Waals surface area contributed by atoms with Gasteiger partial charge in [0, 0.05) is 19.3 Å². The topological polar surface area (TPSA) is 61.1 Å². The molecule has 1 heterocycles. The third-order valence-electron chi connectivity index (χ3n) is 2.78. The number of ketones is 1. The van der Waals surface area contributed by atoms with Gasteiger partial charge >= 0.3 is 5.69 Å². The number of carbonyl (C=O) groups excluding carboxylic acids is 1. The lowest BCUT2D eigenvalue weighted by molar-refractivity contribution is 0.0960. The molecule has 20 heavy (non-hydrogen) atoms. The number of hydrogen-bond acceptors (Lipinski definition) is 3. The highest BCUT2D eigenvalue weighted by molar-refractivity contribution is 5.96. The molecule has 0 radical (unpaired) electrons. The standard InChI is InChI=1S/C13H10F2N2O3/c1-16-6-5-11(19)17(13(16)20)7-10(18)12-8(14)3-2-4-9(12)15/h2-6H,7H2,1H3. The van der Waals surface area contributed by atoms with Crippen LogP contribution in [0.25, 0.3) is 0 Å². The first-order chi connectivity index (χ1) is 9.41. The van der Waals surface area contributed by atoms with Crippen LogP contribution in [-0.2, 0) is 13.6 Å². The molecule has 0 bridgehead atoms. The Morgan fingerprint density at radius 2 is 1.75 bits per heavy atom. The fourth-order valence-electron chi connectivity index (χ4n) is 1.75. The van der Waals surface area contributed by atoms with Gasteiger partial charge in [-0.25, -0.2) is 13.6 Å². The molecule has 7 heteroatoms. The summed E-state index contributed by atoms with van der Waals surface area (Å²) in [5.41, 5.74) is -2.20. The Balaban J connectivity index is 2.46. The third-order valence-corrected chi connectivity index (χ3v) is 2.78. The van der Waals surface area contributed by atoms with E-state index in [0.717, 1.165) is 28.8 Å². The molecule has 0 saturated heterocycles. The lowest BCUT2D eigenvalue weighted by Gasteiger charge is -2.07. The zero-order valence-corrected chi connectivity index (χ0v) is 10.5. The van der Waals surface area contributed by atoms with Gasteiger partial charge in [0.1, 0.15) is 11.6 Å². The van der Waals surface area contributed by atoms with Crippen LogP contribution in [0.3, 0.4) is 0 Å². The highest BCUT2D eigenvalue weighted by Gasteiger charge is 2.18. The van der Waals surface area contributed by atoms with E-state index in [4.69, 9.17) is 0 Å². The molecule has 1 aromatic heterocycles. The van der Waals surface area contributed by atoms with Crippen molar-refractivity contribution in [1.29, 1.82) is 0 Å². The molecule has 0 aliphatic rings. The van der Waals surface area contributed by atoms with Gasteiger partial charge in [0.15, 0.2) is 5.78 Å². The van der Waals surface area contributed by atoms with E-state index in [1.54, 1.807) is 0 Å². The Morgan fingerprint density at radius 1 is 1.15 bits per heavy atom. The minimum absolute atomic E-state index is 0.619. The molecule has 0 spiro atoms. The lowest BCUT2D eigenvalue weighted by Crippen LogP contribution is -2.40. The van der Waals surface area contributed by atoms with Crippen LogP contribution in [0.15, 0.2) is 40.1 Å². The van der Waals surface area contributed by atoms with Crippen LogP contribution >= 0.6 is 0 Å². The van der Waals surface area contributed by atoms with Gasteiger partial charge in [-0.05, 0) is 12.1 Å². The van der Waals surface area contributed by atoms with Gasteiger partial charge in [-0.15, -0.1) is 0 Å².